The second kappa shape index (κ2) is 7.59. The van der Waals surface area contributed by atoms with Crippen LogP contribution in [0.5, 0.6) is 11.5 Å². The highest BCUT2D eigenvalue weighted by molar-refractivity contribution is 5.90. The van der Waals surface area contributed by atoms with Gasteiger partial charge in [-0.15, -0.1) is 0 Å². The standard InChI is InChI=1S/C25H27NO5/c1-30-22-7-6-20(31-24(29)26-19-4-2-18(3-5-19)23(27)28)11-21(22)25-12-15-8-16(13-25)10-17(9-15)14-25/h2-7,11,15-17H,8-10,12-14H2,1H3,(H,26,29)(H,27,28). The zero-order valence-electron chi connectivity index (χ0n) is 17.6. The molecular formula is C25H27NO5. The Morgan fingerprint density at radius 3 is 2.13 bits per heavy atom. The number of carbonyl (C=O) groups excluding carboxylic acids is 1. The van der Waals surface area contributed by atoms with Crippen LogP contribution in [-0.4, -0.2) is 24.3 Å². The molecule has 4 aliphatic carbocycles. The summed E-state index contributed by atoms with van der Waals surface area (Å²) in [6.45, 7) is 0. The van der Waals surface area contributed by atoms with Crippen molar-refractivity contribution in [3.8, 4) is 11.5 Å². The molecule has 0 unspecified atom stereocenters. The van der Waals surface area contributed by atoms with Crippen molar-refractivity contribution in [3.63, 3.8) is 0 Å². The third kappa shape index (κ3) is 3.75. The Bertz CT molecular complexity index is 978. The number of amides is 1. The summed E-state index contributed by atoms with van der Waals surface area (Å²) in [5.74, 6) is 2.77. The molecule has 2 N–H and O–H groups in total. The fraction of sp³-hybridized carbons (Fsp3) is 0.440. The second-order valence-electron chi connectivity index (χ2n) is 9.46. The summed E-state index contributed by atoms with van der Waals surface area (Å²) in [5.41, 5.74) is 1.94. The Balaban J connectivity index is 1.35. The fourth-order valence-electron chi connectivity index (χ4n) is 6.55. The maximum Gasteiger partial charge on any atom is 0.417 e. The molecule has 31 heavy (non-hydrogen) atoms. The summed E-state index contributed by atoms with van der Waals surface area (Å²) >= 11 is 0. The van der Waals surface area contributed by atoms with Crippen LogP contribution >= 0.6 is 0 Å². The van der Waals surface area contributed by atoms with Gasteiger partial charge in [-0.1, -0.05) is 0 Å². The maximum absolute atomic E-state index is 12.4. The molecule has 2 aromatic rings. The Hall–Kier alpha value is -3.02. The van der Waals surface area contributed by atoms with E-state index in [1.54, 1.807) is 25.3 Å². The number of nitrogens with one attached hydrogen (secondary N) is 1. The number of benzene rings is 2. The topological polar surface area (TPSA) is 84.9 Å². The van der Waals surface area contributed by atoms with Crippen LogP contribution in [0.2, 0.25) is 0 Å². The van der Waals surface area contributed by atoms with Crippen molar-refractivity contribution in [2.45, 2.75) is 43.9 Å². The summed E-state index contributed by atoms with van der Waals surface area (Å²) < 4.78 is 11.3. The minimum absolute atomic E-state index is 0.128. The van der Waals surface area contributed by atoms with E-state index in [1.165, 1.54) is 56.2 Å². The summed E-state index contributed by atoms with van der Waals surface area (Å²) in [5, 5.41) is 11.6. The van der Waals surface area contributed by atoms with Gasteiger partial charge in [0.15, 0.2) is 0 Å². The quantitative estimate of drug-likeness (QED) is 0.668. The number of hydrogen-bond donors (Lipinski definition) is 2. The first-order valence-corrected chi connectivity index (χ1v) is 10.9. The fourth-order valence-corrected chi connectivity index (χ4v) is 6.55. The first-order valence-electron chi connectivity index (χ1n) is 10.9. The smallest absolute Gasteiger partial charge is 0.417 e. The summed E-state index contributed by atoms with van der Waals surface area (Å²) in [6, 6.07) is 11.6. The van der Waals surface area contributed by atoms with E-state index in [0.717, 1.165) is 23.5 Å². The molecule has 2 aromatic carbocycles. The molecule has 4 bridgehead atoms. The molecule has 0 aromatic heterocycles. The zero-order valence-corrected chi connectivity index (χ0v) is 17.6. The lowest BCUT2D eigenvalue weighted by Gasteiger charge is -2.57. The monoisotopic (exact) mass is 421 g/mol. The van der Waals surface area contributed by atoms with E-state index in [4.69, 9.17) is 14.6 Å². The molecule has 4 fully saturated rings. The molecule has 6 heteroatoms. The Morgan fingerprint density at radius 2 is 1.58 bits per heavy atom. The molecule has 4 saturated carbocycles. The van der Waals surface area contributed by atoms with Crippen LogP contribution in [0, 0.1) is 17.8 Å². The van der Waals surface area contributed by atoms with Gasteiger partial charge in [-0.2, -0.15) is 0 Å². The summed E-state index contributed by atoms with van der Waals surface area (Å²) in [7, 11) is 1.70. The van der Waals surface area contributed by atoms with Gasteiger partial charge in [-0.3, -0.25) is 5.32 Å². The van der Waals surface area contributed by atoms with Crippen LogP contribution in [-0.2, 0) is 5.41 Å². The van der Waals surface area contributed by atoms with Crippen molar-refractivity contribution in [1.82, 2.24) is 0 Å². The molecule has 6 rings (SSSR count). The first kappa shape index (κ1) is 19.9. The predicted octanol–water partition coefficient (Wildman–Crippen LogP) is 5.47. The Labute approximate surface area is 181 Å². The van der Waals surface area contributed by atoms with Gasteiger partial charge >= 0.3 is 12.1 Å². The van der Waals surface area contributed by atoms with Crippen molar-refractivity contribution in [1.29, 1.82) is 0 Å². The van der Waals surface area contributed by atoms with E-state index in [1.807, 2.05) is 12.1 Å². The van der Waals surface area contributed by atoms with E-state index in [2.05, 4.69) is 5.32 Å². The molecule has 0 radical (unpaired) electrons. The number of carboxylic acid groups (broad SMARTS) is 1. The van der Waals surface area contributed by atoms with Gasteiger partial charge < -0.3 is 14.6 Å². The molecule has 0 saturated heterocycles. The number of hydrogen-bond acceptors (Lipinski definition) is 4. The lowest BCUT2D eigenvalue weighted by Crippen LogP contribution is -2.48. The molecule has 0 spiro atoms. The highest BCUT2D eigenvalue weighted by atomic mass is 16.6. The van der Waals surface area contributed by atoms with Crippen LogP contribution in [0.4, 0.5) is 10.5 Å². The molecule has 0 atom stereocenters. The average Bonchev–Trinajstić information content (AvgIpc) is 2.73. The number of aromatic carboxylic acids is 1. The highest BCUT2D eigenvalue weighted by Gasteiger charge is 2.52. The maximum atomic E-state index is 12.4. The summed E-state index contributed by atoms with van der Waals surface area (Å²) in [6.07, 6.45) is 7.07. The van der Waals surface area contributed by atoms with Crippen LogP contribution in [0.15, 0.2) is 42.5 Å². The predicted molar refractivity (Wildman–Crippen MR) is 116 cm³/mol. The normalized spacial score (nSPS) is 28.2. The van der Waals surface area contributed by atoms with Gasteiger partial charge in [0.05, 0.1) is 12.7 Å². The van der Waals surface area contributed by atoms with Gasteiger partial charge in [0, 0.05) is 11.3 Å². The largest absolute Gasteiger partial charge is 0.496 e. The minimum Gasteiger partial charge on any atom is -0.496 e. The first-order chi connectivity index (χ1) is 14.9. The SMILES string of the molecule is COc1ccc(OC(=O)Nc2ccc(C(=O)O)cc2)cc1C12CC3CC(CC(C3)C1)C2. The van der Waals surface area contributed by atoms with Crippen molar-refractivity contribution in [2.75, 3.05) is 12.4 Å². The van der Waals surface area contributed by atoms with Crippen LogP contribution in [0.3, 0.4) is 0 Å². The van der Waals surface area contributed by atoms with Crippen molar-refractivity contribution < 1.29 is 24.2 Å². The molecule has 6 nitrogen and oxygen atoms in total. The van der Waals surface area contributed by atoms with Crippen LogP contribution < -0.4 is 14.8 Å². The third-order valence-corrected chi connectivity index (χ3v) is 7.37. The van der Waals surface area contributed by atoms with Gasteiger partial charge in [-0.25, -0.2) is 9.59 Å². The minimum atomic E-state index is -1.01. The van der Waals surface area contributed by atoms with Gasteiger partial charge in [0.2, 0.25) is 0 Å². The van der Waals surface area contributed by atoms with E-state index in [9.17, 15) is 9.59 Å². The Morgan fingerprint density at radius 1 is 0.968 bits per heavy atom. The molecule has 0 aliphatic heterocycles. The lowest BCUT2D eigenvalue weighted by atomic mass is 9.48. The zero-order chi connectivity index (χ0) is 21.6. The number of anilines is 1. The number of carbonyl (C=O) groups is 2. The molecule has 1 amide bonds. The van der Waals surface area contributed by atoms with E-state index in [0.29, 0.717) is 11.4 Å². The van der Waals surface area contributed by atoms with E-state index >= 15 is 0 Å². The van der Waals surface area contributed by atoms with Gasteiger partial charge in [0.25, 0.3) is 0 Å². The molecule has 0 heterocycles. The van der Waals surface area contributed by atoms with Crippen LogP contribution in [0.25, 0.3) is 0 Å². The van der Waals surface area contributed by atoms with Gasteiger partial charge in [0.1, 0.15) is 11.5 Å². The third-order valence-electron chi connectivity index (χ3n) is 7.37. The second-order valence-corrected chi connectivity index (χ2v) is 9.46. The van der Waals surface area contributed by atoms with Gasteiger partial charge in [-0.05, 0) is 104 Å². The molecular weight excluding hydrogens is 394 g/mol. The van der Waals surface area contributed by atoms with Crippen molar-refractivity contribution in [2.24, 2.45) is 17.8 Å². The molecule has 4 aliphatic rings. The van der Waals surface area contributed by atoms with Crippen LogP contribution in [0.1, 0.15) is 54.4 Å². The number of methoxy groups -OCH3 is 1. The average molecular weight is 421 g/mol. The van der Waals surface area contributed by atoms with Crippen molar-refractivity contribution >= 4 is 17.7 Å². The van der Waals surface area contributed by atoms with Crippen molar-refractivity contribution in [3.05, 3.63) is 53.6 Å². The number of ether oxygens (including phenoxy) is 2. The lowest BCUT2D eigenvalue weighted by molar-refractivity contribution is -0.00623. The Kier molecular flexibility index (Phi) is 4.88. The van der Waals surface area contributed by atoms with E-state index in [-0.39, 0.29) is 11.0 Å². The summed E-state index contributed by atoms with van der Waals surface area (Å²) in [4.78, 5) is 23.4. The molecule has 162 valence electrons. The number of rotatable bonds is 5. The number of carboxylic acids is 1. The highest BCUT2D eigenvalue weighted by Crippen LogP contribution is 2.62. The van der Waals surface area contributed by atoms with E-state index < -0.39 is 12.1 Å².